The number of nitrogens with one attached hydrogen (secondary N) is 3. The largest absolute Gasteiger partial charge is 0.347 e. The van der Waals surface area contributed by atoms with Crippen molar-refractivity contribution in [2.45, 2.75) is 40.2 Å². The van der Waals surface area contributed by atoms with Crippen LogP contribution in [0.15, 0.2) is 18.2 Å². The number of amides is 2. The fourth-order valence-corrected chi connectivity index (χ4v) is 2.28. The molecule has 0 radical (unpaired) electrons. The predicted octanol–water partition coefficient (Wildman–Crippen LogP) is 0.661. The number of nitro groups is 1. The molecule has 0 saturated carbocycles. The van der Waals surface area contributed by atoms with Crippen molar-refractivity contribution in [1.29, 1.82) is 0 Å². The molecular weight excluding hydrogens is 324 g/mol. The van der Waals surface area contributed by atoms with Gasteiger partial charge in [0, 0.05) is 17.7 Å². The molecule has 25 heavy (non-hydrogen) atoms. The molecular formula is C17H27N4O4+. The third kappa shape index (κ3) is 7.30. The first-order chi connectivity index (χ1) is 11.5. The van der Waals surface area contributed by atoms with E-state index < -0.39 is 4.92 Å². The maximum atomic E-state index is 12.2. The minimum Gasteiger partial charge on any atom is -0.347 e. The third-order valence-corrected chi connectivity index (χ3v) is 3.54. The van der Waals surface area contributed by atoms with Crippen LogP contribution in [-0.4, -0.2) is 41.9 Å². The average molecular weight is 351 g/mol. The summed E-state index contributed by atoms with van der Waals surface area (Å²) in [5, 5.41) is 16.4. The van der Waals surface area contributed by atoms with Crippen LogP contribution in [0.4, 0.5) is 11.4 Å². The van der Waals surface area contributed by atoms with Gasteiger partial charge >= 0.3 is 0 Å². The Labute approximate surface area is 147 Å². The van der Waals surface area contributed by atoms with Crippen LogP contribution in [0.2, 0.25) is 0 Å². The molecule has 0 aromatic heterocycles. The number of carbonyl (C=O) groups is 2. The Hall–Kier alpha value is -2.48. The topological polar surface area (TPSA) is 106 Å². The van der Waals surface area contributed by atoms with E-state index >= 15 is 0 Å². The third-order valence-electron chi connectivity index (χ3n) is 3.54. The number of nitrogens with zero attached hydrogens (tertiary/aromatic N) is 1. The molecule has 1 aromatic rings. The van der Waals surface area contributed by atoms with E-state index in [-0.39, 0.29) is 36.1 Å². The van der Waals surface area contributed by atoms with E-state index in [1.165, 1.54) is 12.1 Å². The van der Waals surface area contributed by atoms with E-state index in [2.05, 4.69) is 10.6 Å². The second-order valence-electron chi connectivity index (χ2n) is 7.06. The van der Waals surface area contributed by atoms with Crippen LogP contribution in [0.3, 0.4) is 0 Å². The van der Waals surface area contributed by atoms with Crippen LogP contribution in [-0.2, 0) is 9.59 Å². The standard InChI is InChI=1S/C17H26N4O4/c1-6-20(11-16(23)19-17(3,4)5)10-15(22)18-14-9-13(21(24)25)8-7-12(14)2/h7-9H,6,10-11H2,1-5H3,(H,18,22)(H,19,23)/p+1. The lowest BCUT2D eigenvalue weighted by molar-refractivity contribution is -0.881. The van der Waals surface area contributed by atoms with Gasteiger partial charge in [-0.1, -0.05) is 6.07 Å². The van der Waals surface area contributed by atoms with Gasteiger partial charge in [0.2, 0.25) is 0 Å². The number of non-ortho nitro benzene ring substituents is 1. The second kappa shape index (κ2) is 8.57. The molecule has 8 nitrogen and oxygen atoms in total. The average Bonchev–Trinajstić information content (AvgIpc) is 2.46. The number of aryl methyl sites for hydroxylation is 1. The maximum absolute atomic E-state index is 12.2. The first-order valence-corrected chi connectivity index (χ1v) is 8.21. The number of anilines is 1. The smallest absolute Gasteiger partial charge is 0.279 e. The van der Waals surface area contributed by atoms with E-state index in [9.17, 15) is 19.7 Å². The van der Waals surface area contributed by atoms with Gasteiger partial charge in [0.05, 0.1) is 17.2 Å². The maximum Gasteiger partial charge on any atom is 0.279 e. The van der Waals surface area contributed by atoms with Crippen molar-refractivity contribution < 1.29 is 19.4 Å². The van der Waals surface area contributed by atoms with Crippen molar-refractivity contribution in [2.75, 3.05) is 25.0 Å². The summed E-state index contributed by atoms with van der Waals surface area (Å²) in [6, 6.07) is 4.32. The SMILES string of the molecule is CC[NH+](CC(=O)Nc1cc([N+](=O)[O-])ccc1C)CC(=O)NC(C)(C)C. The Balaban J connectivity index is 2.69. The summed E-state index contributed by atoms with van der Waals surface area (Å²) in [7, 11) is 0. The summed E-state index contributed by atoms with van der Waals surface area (Å²) in [5.74, 6) is -0.410. The molecule has 1 rings (SSSR count). The van der Waals surface area contributed by atoms with Crippen molar-refractivity contribution in [3.05, 3.63) is 33.9 Å². The summed E-state index contributed by atoms with van der Waals surface area (Å²) >= 11 is 0. The minimum absolute atomic E-state index is 0.0786. The molecule has 1 unspecified atom stereocenters. The van der Waals surface area contributed by atoms with Gasteiger partial charge in [-0.05, 0) is 40.2 Å². The molecule has 0 saturated heterocycles. The summed E-state index contributed by atoms with van der Waals surface area (Å²) in [5.41, 5.74) is 0.750. The predicted molar refractivity (Wildman–Crippen MR) is 95.6 cm³/mol. The molecule has 0 spiro atoms. The quantitative estimate of drug-likeness (QED) is 0.496. The van der Waals surface area contributed by atoms with E-state index in [1.807, 2.05) is 27.7 Å². The zero-order valence-electron chi connectivity index (χ0n) is 15.4. The summed E-state index contributed by atoms with van der Waals surface area (Å²) in [6.07, 6.45) is 0. The van der Waals surface area contributed by atoms with Gasteiger partial charge in [-0.25, -0.2) is 0 Å². The Kier molecular flexibility index (Phi) is 7.05. The minimum atomic E-state index is -0.504. The fourth-order valence-electron chi connectivity index (χ4n) is 2.28. The molecule has 0 heterocycles. The van der Waals surface area contributed by atoms with Crippen LogP contribution >= 0.6 is 0 Å². The van der Waals surface area contributed by atoms with E-state index in [0.717, 1.165) is 10.5 Å². The van der Waals surface area contributed by atoms with Crippen molar-refractivity contribution in [1.82, 2.24) is 5.32 Å². The lowest BCUT2D eigenvalue weighted by Crippen LogP contribution is -3.14. The van der Waals surface area contributed by atoms with Crippen molar-refractivity contribution in [3.8, 4) is 0 Å². The Morgan fingerprint density at radius 3 is 2.32 bits per heavy atom. The van der Waals surface area contributed by atoms with Crippen LogP contribution < -0.4 is 15.5 Å². The highest BCUT2D eigenvalue weighted by molar-refractivity contribution is 5.92. The Bertz CT molecular complexity index is 653. The van der Waals surface area contributed by atoms with Gasteiger partial charge in [0.25, 0.3) is 17.5 Å². The Morgan fingerprint density at radius 1 is 1.20 bits per heavy atom. The summed E-state index contributed by atoms with van der Waals surface area (Å²) < 4.78 is 0. The number of rotatable bonds is 7. The number of carbonyl (C=O) groups excluding carboxylic acids is 2. The molecule has 0 fully saturated rings. The van der Waals surface area contributed by atoms with Crippen molar-refractivity contribution in [2.24, 2.45) is 0 Å². The lowest BCUT2D eigenvalue weighted by atomic mass is 10.1. The molecule has 0 aliphatic carbocycles. The monoisotopic (exact) mass is 351 g/mol. The molecule has 138 valence electrons. The highest BCUT2D eigenvalue weighted by atomic mass is 16.6. The van der Waals surface area contributed by atoms with Gasteiger partial charge in [-0.3, -0.25) is 19.7 Å². The van der Waals surface area contributed by atoms with Crippen LogP contribution in [0, 0.1) is 17.0 Å². The van der Waals surface area contributed by atoms with Crippen LogP contribution in [0.25, 0.3) is 0 Å². The van der Waals surface area contributed by atoms with Crippen LogP contribution in [0.5, 0.6) is 0 Å². The Morgan fingerprint density at radius 2 is 1.80 bits per heavy atom. The highest BCUT2D eigenvalue weighted by Crippen LogP contribution is 2.21. The summed E-state index contributed by atoms with van der Waals surface area (Å²) in [4.78, 5) is 35.4. The van der Waals surface area contributed by atoms with Crippen LogP contribution in [0.1, 0.15) is 33.3 Å². The van der Waals surface area contributed by atoms with E-state index in [4.69, 9.17) is 0 Å². The molecule has 8 heteroatoms. The molecule has 0 aliphatic rings. The molecule has 2 amide bonds. The second-order valence-corrected chi connectivity index (χ2v) is 7.06. The van der Waals surface area contributed by atoms with Gasteiger partial charge in [0.1, 0.15) is 0 Å². The van der Waals surface area contributed by atoms with Gasteiger partial charge in [-0.2, -0.15) is 0 Å². The lowest BCUT2D eigenvalue weighted by Gasteiger charge is -2.23. The number of hydrogen-bond acceptors (Lipinski definition) is 4. The summed E-state index contributed by atoms with van der Waals surface area (Å²) in [6.45, 7) is 10.3. The van der Waals surface area contributed by atoms with E-state index in [1.54, 1.807) is 13.0 Å². The van der Waals surface area contributed by atoms with Gasteiger partial charge in [0.15, 0.2) is 13.1 Å². The molecule has 1 aromatic carbocycles. The van der Waals surface area contributed by atoms with E-state index in [0.29, 0.717) is 12.2 Å². The van der Waals surface area contributed by atoms with Gasteiger partial charge < -0.3 is 15.5 Å². The number of nitro benzene ring substituents is 1. The fraction of sp³-hybridized carbons (Fsp3) is 0.529. The number of hydrogen-bond donors (Lipinski definition) is 3. The van der Waals surface area contributed by atoms with Gasteiger partial charge in [-0.15, -0.1) is 0 Å². The number of likely N-dealkylation sites (N-methyl/N-ethyl adjacent to an activating group) is 1. The molecule has 1 atom stereocenters. The molecule has 0 aliphatic heterocycles. The van der Waals surface area contributed by atoms with Crippen molar-refractivity contribution in [3.63, 3.8) is 0 Å². The first kappa shape index (κ1) is 20.6. The zero-order valence-corrected chi connectivity index (χ0v) is 15.4. The molecule has 0 bridgehead atoms. The normalized spacial score (nSPS) is 12.4. The number of quaternary nitrogens is 1. The zero-order chi connectivity index (χ0) is 19.2. The van der Waals surface area contributed by atoms with Crippen molar-refractivity contribution >= 4 is 23.2 Å². The number of benzene rings is 1. The molecule has 3 N–H and O–H groups in total. The first-order valence-electron chi connectivity index (χ1n) is 8.21. The highest BCUT2D eigenvalue weighted by Gasteiger charge is 2.21.